The summed E-state index contributed by atoms with van der Waals surface area (Å²) in [6.45, 7) is 8.40. The third kappa shape index (κ3) is 2.07. The zero-order valence-electron chi connectivity index (χ0n) is 9.07. The van der Waals surface area contributed by atoms with E-state index in [9.17, 15) is 0 Å². The Balaban J connectivity index is 2.01. The first-order valence-electron chi connectivity index (χ1n) is 5.46. The molecular formula is C12H19NO. The Kier molecular flexibility index (Phi) is 3.04. The molecule has 0 aromatic rings. The minimum Gasteiger partial charge on any atom is -0.379 e. The SMILES string of the molecule is CC1=CC(C)C(N2CCOCC2)C=C1. The molecule has 1 aliphatic heterocycles. The third-order valence-corrected chi connectivity index (χ3v) is 3.09. The highest BCUT2D eigenvalue weighted by molar-refractivity contribution is 5.25. The Hall–Kier alpha value is -0.600. The van der Waals surface area contributed by atoms with Gasteiger partial charge in [-0.15, -0.1) is 0 Å². The summed E-state index contributed by atoms with van der Waals surface area (Å²) in [5, 5.41) is 0. The lowest BCUT2D eigenvalue weighted by Gasteiger charge is -2.36. The van der Waals surface area contributed by atoms with Crippen molar-refractivity contribution in [2.75, 3.05) is 26.3 Å². The van der Waals surface area contributed by atoms with Gasteiger partial charge >= 0.3 is 0 Å². The van der Waals surface area contributed by atoms with Crippen molar-refractivity contribution in [3.8, 4) is 0 Å². The Morgan fingerprint density at radius 1 is 1.36 bits per heavy atom. The molecule has 1 fully saturated rings. The van der Waals surface area contributed by atoms with E-state index in [2.05, 4.69) is 37.0 Å². The number of morpholine rings is 1. The van der Waals surface area contributed by atoms with Crippen LogP contribution in [0.25, 0.3) is 0 Å². The van der Waals surface area contributed by atoms with Crippen molar-refractivity contribution >= 4 is 0 Å². The van der Waals surface area contributed by atoms with E-state index in [1.807, 2.05) is 0 Å². The molecular weight excluding hydrogens is 174 g/mol. The fraction of sp³-hybridized carbons (Fsp3) is 0.667. The first-order valence-corrected chi connectivity index (χ1v) is 5.46. The first kappa shape index (κ1) is 9.94. The van der Waals surface area contributed by atoms with E-state index in [1.54, 1.807) is 0 Å². The van der Waals surface area contributed by atoms with E-state index in [0.717, 1.165) is 26.3 Å². The first-order chi connectivity index (χ1) is 6.77. The molecule has 1 heterocycles. The van der Waals surface area contributed by atoms with Crippen LogP contribution in [0.3, 0.4) is 0 Å². The van der Waals surface area contributed by atoms with Gasteiger partial charge in [-0.3, -0.25) is 4.90 Å². The van der Waals surface area contributed by atoms with Gasteiger partial charge in [-0.2, -0.15) is 0 Å². The van der Waals surface area contributed by atoms with Gasteiger partial charge in [0.25, 0.3) is 0 Å². The zero-order valence-corrected chi connectivity index (χ0v) is 9.07. The molecule has 1 aliphatic carbocycles. The van der Waals surface area contributed by atoms with Crippen molar-refractivity contribution in [1.82, 2.24) is 4.90 Å². The van der Waals surface area contributed by atoms with Gasteiger partial charge in [0.15, 0.2) is 0 Å². The van der Waals surface area contributed by atoms with Gasteiger partial charge in [-0.25, -0.2) is 0 Å². The van der Waals surface area contributed by atoms with E-state index in [0.29, 0.717) is 12.0 Å². The molecule has 2 unspecified atom stereocenters. The van der Waals surface area contributed by atoms with Crippen molar-refractivity contribution in [2.45, 2.75) is 19.9 Å². The Labute approximate surface area is 86.2 Å². The normalized spacial score (nSPS) is 34.3. The molecule has 0 aromatic carbocycles. The van der Waals surface area contributed by atoms with Gasteiger partial charge in [0.2, 0.25) is 0 Å². The van der Waals surface area contributed by atoms with Crippen LogP contribution in [0.2, 0.25) is 0 Å². The number of hydrogen-bond donors (Lipinski definition) is 0. The predicted octanol–water partition coefficient (Wildman–Crippen LogP) is 1.84. The summed E-state index contributed by atoms with van der Waals surface area (Å²) in [4.78, 5) is 2.52. The molecule has 78 valence electrons. The smallest absolute Gasteiger partial charge is 0.0594 e. The van der Waals surface area contributed by atoms with E-state index in [1.165, 1.54) is 5.57 Å². The molecule has 2 heteroatoms. The number of nitrogens with zero attached hydrogens (tertiary/aromatic N) is 1. The second kappa shape index (κ2) is 4.28. The Bertz CT molecular complexity index is 251. The molecule has 2 nitrogen and oxygen atoms in total. The fourth-order valence-electron chi connectivity index (χ4n) is 2.32. The van der Waals surface area contributed by atoms with E-state index in [-0.39, 0.29) is 0 Å². The minimum atomic E-state index is 0.586. The van der Waals surface area contributed by atoms with Crippen molar-refractivity contribution in [1.29, 1.82) is 0 Å². The predicted molar refractivity (Wildman–Crippen MR) is 58.2 cm³/mol. The highest BCUT2D eigenvalue weighted by atomic mass is 16.5. The summed E-state index contributed by atoms with van der Waals surface area (Å²) in [5.41, 5.74) is 1.39. The maximum atomic E-state index is 5.37. The molecule has 0 amide bonds. The third-order valence-electron chi connectivity index (χ3n) is 3.09. The highest BCUT2D eigenvalue weighted by Gasteiger charge is 2.24. The quantitative estimate of drug-likeness (QED) is 0.630. The molecule has 1 saturated heterocycles. The number of rotatable bonds is 1. The van der Waals surface area contributed by atoms with Gasteiger partial charge in [0.05, 0.1) is 13.2 Å². The number of ether oxygens (including phenoxy) is 1. The lowest BCUT2D eigenvalue weighted by molar-refractivity contribution is 0.0192. The maximum absolute atomic E-state index is 5.37. The summed E-state index contributed by atoms with van der Waals surface area (Å²) in [5.74, 6) is 0.637. The molecule has 0 saturated carbocycles. The highest BCUT2D eigenvalue weighted by Crippen LogP contribution is 2.22. The van der Waals surface area contributed by atoms with Crippen molar-refractivity contribution in [2.24, 2.45) is 5.92 Å². The molecule has 14 heavy (non-hydrogen) atoms. The lowest BCUT2D eigenvalue weighted by Crippen LogP contribution is -2.45. The van der Waals surface area contributed by atoms with Crippen LogP contribution in [0.1, 0.15) is 13.8 Å². The van der Waals surface area contributed by atoms with Crippen LogP contribution in [0, 0.1) is 5.92 Å². The molecule has 0 bridgehead atoms. The van der Waals surface area contributed by atoms with Gasteiger partial charge < -0.3 is 4.74 Å². The molecule has 2 aliphatic rings. The number of allylic oxidation sites excluding steroid dienone is 2. The van der Waals surface area contributed by atoms with Crippen LogP contribution in [-0.4, -0.2) is 37.2 Å². The van der Waals surface area contributed by atoms with Crippen LogP contribution in [0.5, 0.6) is 0 Å². The molecule has 0 N–H and O–H groups in total. The average Bonchev–Trinajstić information content (AvgIpc) is 2.19. The maximum Gasteiger partial charge on any atom is 0.0594 e. The Morgan fingerprint density at radius 2 is 2.07 bits per heavy atom. The standard InChI is InChI=1S/C12H19NO/c1-10-3-4-12(11(2)9-10)13-5-7-14-8-6-13/h3-4,9,11-12H,5-8H2,1-2H3. The topological polar surface area (TPSA) is 12.5 Å². The summed E-state index contributed by atoms with van der Waals surface area (Å²) in [6, 6.07) is 0.586. The summed E-state index contributed by atoms with van der Waals surface area (Å²) >= 11 is 0. The Morgan fingerprint density at radius 3 is 2.71 bits per heavy atom. The second-order valence-electron chi connectivity index (χ2n) is 4.27. The molecule has 2 atom stereocenters. The van der Waals surface area contributed by atoms with Crippen LogP contribution >= 0.6 is 0 Å². The minimum absolute atomic E-state index is 0.586. The van der Waals surface area contributed by atoms with Crippen LogP contribution in [0.4, 0.5) is 0 Å². The average molecular weight is 193 g/mol. The van der Waals surface area contributed by atoms with Gasteiger partial charge in [-0.05, 0) is 12.8 Å². The van der Waals surface area contributed by atoms with E-state index in [4.69, 9.17) is 4.74 Å². The van der Waals surface area contributed by atoms with Crippen LogP contribution in [-0.2, 0) is 4.74 Å². The van der Waals surface area contributed by atoms with Gasteiger partial charge in [0.1, 0.15) is 0 Å². The molecule has 0 radical (unpaired) electrons. The zero-order chi connectivity index (χ0) is 9.97. The lowest BCUT2D eigenvalue weighted by atomic mass is 9.92. The number of hydrogen-bond acceptors (Lipinski definition) is 2. The summed E-state index contributed by atoms with van der Waals surface area (Å²) in [7, 11) is 0. The summed E-state index contributed by atoms with van der Waals surface area (Å²) in [6.07, 6.45) is 6.94. The summed E-state index contributed by atoms with van der Waals surface area (Å²) < 4.78 is 5.37. The van der Waals surface area contributed by atoms with Crippen molar-refractivity contribution < 1.29 is 4.74 Å². The van der Waals surface area contributed by atoms with Gasteiger partial charge in [-0.1, -0.05) is 30.7 Å². The van der Waals surface area contributed by atoms with Crippen molar-refractivity contribution in [3.05, 3.63) is 23.8 Å². The monoisotopic (exact) mass is 193 g/mol. The van der Waals surface area contributed by atoms with Crippen LogP contribution < -0.4 is 0 Å². The van der Waals surface area contributed by atoms with Crippen LogP contribution in [0.15, 0.2) is 23.8 Å². The van der Waals surface area contributed by atoms with E-state index >= 15 is 0 Å². The molecule has 0 spiro atoms. The van der Waals surface area contributed by atoms with E-state index < -0.39 is 0 Å². The van der Waals surface area contributed by atoms with Crippen molar-refractivity contribution in [3.63, 3.8) is 0 Å². The fourth-order valence-corrected chi connectivity index (χ4v) is 2.32. The molecule has 2 rings (SSSR count). The second-order valence-corrected chi connectivity index (χ2v) is 4.27. The largest absolute Gasteiger partial charge is 0.379 e. The molecule has 0 aromatic heterocycles. The van der Waals surface area contributed by atoms with Gasteiger partial charge in [0, 0.05) is 19.1 Å².